The zero-order chi connectivity index (χ0) is 24.1. The summed E-state index contributed by atoms with van der Waals surface area (Å²) in [4.78, 5) is 5.23. The third kappa shape index (κ3) is 5.56. The van der Waals surface area contributed by atoms with Gasteiger partial charge in [0.2, 0.25) is 0 Å². The van der Waals surface area contributed by atoms with Crippen LogP contribution in [-0.4, -0.2) is 4.98 Å². The maximum Gasteiger partial charge on any atom is 0.0940 e. The summed E-state index contributed by atoms with van der Waals surface area (Å²) < 4.78 is 0. The number of fused-ring (bicyclic) bond motifs is 1. The molecule has 34 heavy (non-hydrogen) atoms. The molecule has 0 aliphatic heterocycles. The average Bonchev–Trinajstić information content (AvgIpc) is 2.82. The van der Waals surface area contributed by atoms with Gasteiger partial charge >= 0.3 is 0 Å². The van der Waals surface area contributed by atoms with Crippen LogP contribution in [0.4, 0.5) is 0 Å². The van der Waals surface area contributed by atoms with Crippen LogP contribution in [0.15, 0.2) is 96.7 Å². The van der Waals surface area contributed by atoms with E-state index in [-0.39, 0.29) is 6.04 Å². The number of aromatic nitrogens is 1. The highest BCUT2D eigenvalue weighted by molar-refractivity contribution is 5.95. The van der Waals surface area contributed by atoms with Crippen LogP contribution in [0.2, 0.25) is 0 Å². The Kier molecular flexibility index (Phi) is 7.47. The average molecular weight is 449 g/mol. The summed E-state index contributed by atoms with van der Waals surface area (Å²) >= 11 is 0. The van der Waals surface area contributed by atoms with Crippen LogP contribution in [0.1, 0.15) is 57.0 Å². The van der Waals surface area contributed by atoms with Crippen molar-refractivity contribution in [3.63, 3.8) is 0 Å². The lowest BCUT2D eigenvalue weighted by molar-refractivity contribution is 0.561. The molecule has 0 spiro atoms. The summed E-state index contributed by atoms with van der Waals surface area (Å²) in [6.45, 7) is 11.2. The second kappa shape index (κ2) is 10.7. The van der Waals surface area contributed by atoms with Crippen molar-refractivity contribution < 1.29 is 0 Å². The molecule has 0 radical (unpaired) electrons. The van der Waals surface area contributed by atoms with Crippen molar-refractivity contribution in [2.75, 3.05) is 0 Å². The van der Waals surface area contributed by atoms with Crippen molar-refractivity contribution >= 4 is 10.8 Å². The van der Waals surface area contributed by atoms with E-state index in [1.807, 2.05) is 0 Å². The molecular formula is C32H36N2. The molecule has 3 aromatic carbocycles. The van der Waals surface area contributed by atoms with E-state index in [1.165, 1.54) is 33.2 Å². The number of hydrogen-bond acceptors (Lipinski definition) is 2. The van der Waals surface area contributed by atoms with Gasteiger partial charge in [0.15, 0.2) is 0 Å². The Balaban J connectivity index is 1.82. The molecular weight excluding hydrogens is 412 g/mol. The highest BCUT2D eigenvalue weighted by atomic mass is 15.0. The predicted octanol–water partition coefficient (Wildman–Crippen LogP) is 8.48. The SMILES string of the molecule is Cc1ccccc1C(N/C(=C\C(C)C)CC(C)C)c1cccc(-c2cccc3ccccc23)n1. The van der Waals surface area contributed by atoms with Gasteiger partial charge in [0.1, 0.15) is 0 Å². The fraction of sp³-hybridized carbons (Fsp3) is 0.281. The third-order valence-corrected chi connectivity index (χ3v) is 6.12. The van der Waals surface area contributed by atoms with Gasteiger partial charge in [-0.15, -0.1) is 0 Å². The van der Waals surface area contributed by atoms with E-state index in [1.54, 1.807) is 0 Å². The molecule has 0 amide bonds. The smallest absolute Gasteiger partial charge is 0.0940 e. The Morgan fingerprint density at radius 2 is 1.53 bits per heavy atom. The Morgan fingerprint density at radius 3 is 2.29 bits per heavy atom. The van der Waals surface area contributed by atoms with Crippen LogP contribution in [0.5, 0.6) is 0 Å². The fourth-order valence-electron chi connectivity index (χ4n) is 4.64. The zero-order valence-corrected chi connectivity index (χ0v) is 21.0. The summed E-state index contributed by atoms with van der Waals surface area (Å²) in [7, 11) is 0. The van der Waals surface area contributed by atoms with E-state index in [0.29, 0.717) is 11.8 Å². The molecule has 2 nitrogen and oxygen atoms in total. The molecule has 174 valence electrons. The van der Waals surface area contributed by atoms with Gasteiger partial charge in [-0.2, -0.15) is 0 Å². The predicted molar refractivity (Wildman–Crippen MR) is 146 cm³/mol. The van der Waals surface area contributed by atoms with E-state index in [0.717, 1.165) is 17.8 Å². The highest BCUT2D eigenvalue weighted by Crippen LogP contribution is 2.31. The molecule has 0 fully saturated rings. The Morgan fingerprint density at radius 1 is 0.824 bits per heavy atom. The van der Waals surface area contributed by atoms with Crippen molar-refractivity contribution in [3.8, 4) is 11.3 Å². The largest absolute Gasteiger partial charge is 0.376 e. The van der Waals surface area contributed by atoms with Gasteiger partial charge in [0, 0.05) is 11.3 Å². The summed E-state index contributed by atoms with van der Waals surface area (Å²) in [5, 5.41) is 6.37. The second-order valence-corrected chi connectivity index (χ2v) is 9.94. The summed E-state index contributed by atoms with van der Waals surface area (Å²) in [6.07, 6.45) is 3.38. The van der Waals surface area contributed by atoms with Gasteiger partial charge < -0.3 is 5.32 Å². The first kappa shape index (κ1) is 23.8. The van der Waals surface area contributed by atoms with E-state index in [2.05, 4.69) is 131 Å². The molecule has 1 unspecified atom stereocenters. The quantitative estimate of drug-likeness (QED) is 0.292. The minimum Gasteiger partial charge on any atom is -0.376 e. The van der Waals surface area contributed by atoms with E-state index < -0.39 is 0 Å². The van der Waals surface area contributed by atoms with Crippen molar-refractivity contribution in [3.05, 3.63) is 114 Å². The molecule has 0 saturated heterocycles. The Labute approximate surface area is 204 Å². The van der Waals surface area contributed by atoms with Crippen LogP contribution in [0.25, 0.3) is 22.0 Å². The molecule has 2 heteroatoms. The molecule has 1 atom stereocenters. The summed E-state index contributed by atoms with van der Waals surface area (Å²) in [5.41, 5.74) is 7.04. The van der Waals surface area contributed by atoms with Crippen LogP contribution >= 0.6 is 0 Å². The number of rotatable bonds is 8. The highest BCUT2D eigenvalue weighted by Gasteiger charge is 2.20. The maximum absolute atomic E-state index is 5.23. The first-order valence-corrected chi connectivity index (χ1v) is 12.4. The van der Waals surface area contributed by atoms with Crippen molar-refractivity contribution in [2.24, 2.45) is 11.8 Å². The van der Waals surface area contributed by atoms with Gasteiger partial charge in [-0.25, -0.2) is 0 Å². The van der Waals surface area contributed by atoms with Crippen LogP contribution < -0.4 is 5.32 Å². The number of allylic oxidation sites excluding steroid dienone is 2. The standard InChI is InChI=1S/C32H36N2/c1-22(2)20-26(21-23(3)4)33-32(27-15-8-6-12-24(27)5)31-19-11-18-30(34-31)29-17-10-14-25-13-7-9-16-28(25)29/h6-20,22-23,32-33H,21H2,1-5H3/b26-20-. The normalized spacial score (nSPS) is 13.0. The number of nitrogens with zero attached hydrogens (tertiary/aromatic N) is 1. The molecule has 4 aromatic rings. The van der Waals surface area contributed by atoms with Gasteiger partial charge in [-0.1, -0.05) is 107 Å². The van der Waals surface area contributed by atoms with Gasteiger partial charge in [-0.05, 0) is 59.2 Å². The lowest BCUT2D eigenvalue weighted by Gasteiger charge is -2.25. The van der Waals surface area contributed by atoms with Gasteiger partial charge in [0.05, 0.1) is 17.4 Å². The Hall–Kier alpha value is -3.39. The lowest BCUT2D eigenvalue weighted by Crippen LogP contribution is -2.25. The Bertz CT molecular complexity index is 1280. The van der Waals surface area contributed by atoms with Gasteiger partial charge in [0.25, 0.3) is 0 Å². The topological polar surface area (TPSA) is 24.9 Å². The maximum atomic E-state index is 5.23. The van der Waals surface area contributed by atoms with E-state index in [9.17, 15) is 0 Å². The van der Waals surface area contributed by atoms with Crippen LogP contribution in [0, 0.1) is 18.8 Å². The van der Waals surface area contributed by atoms with Crippen LogP contribution in [0.3, 0.4) is 0 Å². The zero-order valence-electron chi connectivity index (χ0n) is 21.0. The summed E-state index contributed by atoms with van der Waals surface area (Å²) in [5.74, 6) is 1.05. The second-order valence-electron chi connectivity index (χ2n) is 9.94. The molecule has 0 aliphatic carbocycles. The molecule has 1 heterocycles. The molecule has 1 N–H and O–H groups in total. The number of hydrogen-bond donors (Lipinski definition) is 1. The summed E-state index contributed by atoms with van der Waals surface area (Å²) in [6, 6.07) is 30.0. The molecule has 0 aliphatic rings. The van der Waals surface area contributed by atoms with Crippen LogP contribution in [-0.2, 0) is 0 Å². The van der Waals surface area contributed by atoms with Gasteiger partial charge in [-0.3, -0.25) is 4.98 Å². The molecule has 4 rings (SSSR count). The minimum atomic E-state index is -0.0140. The first-order chi connectivity index (χ1) is 16.4. The minimum absolute atomic E-state index is 0.0140. The molecule has 0 saturated carbocycles. The number of pyridine rings is 1. The van der Waals surface area contributed by atoms with E-state index >= 15 is 0 Å². The third-order valence-electron chi connectivity index (χ3n) is 6.12. The molecule has 0 bridgehead atoms. The number of aryl methyl sites for hydroxylation is 1. The number of benzene rings is 3. The van der Waals surface area contributed by atoms with Crippen molar-refractivity contribution in [1.82, 2.24) is 10.3 Å². The fourth-order valence-corrected chi connectivity index (χ4v) is 4.64. The molecule has 1 aromatic heterocycles. The lowest BCUT2D eigenvalue weighted by atomic mass is 9.95. The first-order valence-electron chi connectivity index (χ1n) is 12.4. The van der Waals surface area contributed by atoms with Crippen molar-refractivity contribution in [2.45, 2.75) is 47.1 Å². The van der Waals surface area contributed by atoms with E-state index in [4.69, 9.17) is 4.98 Å². The van der Waals surface area contributed by atoms with Crippen molar-refractivity contribution in [1.29, 1.82) is 0 Å². The number of nitrogens with one attached hydrogen (secondary N) is 1. The monoisotopic (exact) mass is 448 g/mol.